The van der Waals surface area contributed by atoms with Crippen LogP contribution in [0, 0.1) is 0 Å². The van der Waals surface area contributed by atoms with Crippen LogP contribution in [0.1, 0.15) is 39.0 Å². The number of sulfone groups is 1. The fourth-order valence-electron chi connectivity index (χ4n) is 2.66. The molecule has 0 aliphatic carbocycles. The number of cyclic esters (lactones) is 1. The Hall–Kier alpha value is -1.56. The number of carbonyl (C=O) groups is 1. The zero-order chi connectivity index (χ0) is 16.0. The SMILES string of the molecule is CCCCCC[C@H](N1CCOC1=O)S(=O)(=O)c1ccccc1. The third-order valence-corrected chi connectivity index (χ3v) is 6.01. The molecule has 0 aromatic heterocycles. The maximum atomic E-state index is 12.9. The Labute approximate surface area is 132 Å². The summed E-state index contributed by atoms with van der Waals surface area (Å²) < 4.78 is 30.7. The first-order chi connectivity index (χ1) is 10.6. The van der Waals surface area contributed by atoms with Crippen LogP contribution in [0.25, 0.3) is 0 Å². The van der Waals surface area contributed by atoms with Crippen molar-refractivity contribution in [1.29, 1.82) is 0 Å². The minimum atomic E-state index is -3.58. The molecule has 5 nitrogen and oxygen atoms in total. The van der Waals surface area contributed by atoms with Crippen LogP contribution in [0.4, 0.5) is 4.79 Å². The average molecular weight is 325 g/mol. The molecule has 6 heteroatoms. The van der Waals surface area contributed by atoms with Gasteiger partial charge in [-0.3, -0.25) is 4.90 Å². The van der Waals surface area contributed by atoms with Gasteiger partial charge >= 0.3 is 6.09 Å². The molecule has 0 saturated carbocycles. The van der Waals surface area contributed by atoms with E-state index in [0.717, 1.165) is 25.7 Å². The second-order valence-corrected chi connectivity index (χ2v) is 7.58. The smallest absolute Gasteiger partial charge is 0.411 e. The molecule has 1 aliphatic rings. The van der Waals surface area contributed by atoms with Gasteiger partial charge in [0.2, 0.25) is 0 Å². The lowest BCUT2D eigenvalue weighted by molar-refractivity contribution is 0.154. The Bertz CT molecular complexity index is 585. The molecule has 0 spiro atoms. The summed E-state index contributed by atoms with van der Waals surface area (Å²) in [6.45, 7) is 2.70. The van der Waals surface area contributed by atoms with E-state index in [9.17, 15) is 13.2 Å². The van der Waals surface area contributed by atoms with Crippen LogP contribution in [-0.4, -0.2) is 37.9 Å². The first-order valence-electron chi connectivity index (χ1n) is 7.79. The lowest BCUT2D eigenvalue weighted by Gasteiger charge is -2.25. The number of hydrogen-bond acceptors (Lipinski definition) is 4. The molecular formula is C16H23NO4S. The summed E-state index contributed by atoms with van der Waals surface area (Å²) in [4.78, 5) is 13.4. The second-order valence-electron chi connectivity index (χ2n) is 5.47. The normalized spacial score (nSPS) is 16.6. The predicted molar refractivity (Wildman–Crippen MR) is 84.2 cm³/mol. The van der Waals surface area contributed by atoms with Gasteiger partial charge in [0.05, 0.1) is 11.4 Å². The second kappa shape index (κ2) is 7.63. The van der Waals surface area contributed by atoms with Crippen molar-refractivity contribution in [2.75, 3.05) is 13.2 Å². The van der Waals surface area contributed by atoms with Gasteiger partial charge in [0.25, 0.3) is 0 Å². The summed E-state index contributed by atoms with van der Waals surface area (Å²) in [5.74, 6) is 0. The van der Waals surface area contributed by atoms with E-state index >= 15 is 0 Å². The minimum absolute atomic E-state index is 0.259. The number of benzene rings is 1. The maximum absolute atomic E-state index is 12.9. The van der Waals surface area contributed by atoms with Crippen molar-refractivity contribution >= 4 is 15.9 Å². The Morgan fingerprint density at radius 2 is 1.91 bits per heavy atom. The van der Waals surface area contributed by atoms with Crippen LogP contribution in [0.3, 0.4) is 0 Å². The third-order valence-electron chi connectivity index (χ3n) is 3.87. The fraction of sp³-hybridized carbons (Fsp3) is 0.562. The van der Waals surface area contributed by atoms with E-state index < -0.39 is 21.3 Å². The minimum Gasteiger partial charge on any atom is -0.447 e. The highest BCUT2D eigenvalue weighted by Crippen LogP contribution is 2.25. The highest BCUT2D eigenvalue weighted by Gasteiger charge is 2.38. The van der Waals surface area contributed by atoms with Gasteiger partial charge < -0.3 is 4.74 Å². The zero-order valence-electron chi connectivity index (χ0n) is 12.9. The van der Waals surface area contributed by atoms with Gasteiger partial charge in [-0.25, -0.2) is 13.2 Å². The molecule has 0 unspecified atom stereocenters. The van der Waals surface area contributed by atoms with Gasteiger partial charge in [0, 0.05) is 0 Å². The number of hydrogen-bond donors (Lipinski definition) is 0. The lowest BCUT2D eigenvalue weighted by atomic mass is 10.1. The van der Waals surface area contributed by atoms with Crippen LogP contribution in [0.15, 0.2) is 35.2 Å². The topological polar surface area (TPSA) is 63.7 Å². The largest absolute Gasteiger partial charge is 0.447 e. The van der Waals surface area contributed by atoms with Crippen LogP contribution >= 0.6 is 0 Å². The van der Waals surface area contributed by atoms with Crippen molar-refractivity contribution in [3.63, 3.8) is 0 Å². The van der Waals surface area contributed by atoms with Crippen LogP contribution < -0.4 is 0 Å². The molecule has 0 N–H and O–H groups in total. The maximum Gasteiger partial charge on any atom is 0.411 e. The number of unbranched alkanes of at least 4 members (excludes halogenated alkanes) is 3. The quantitative estimate of drug-likeness (QED) is 0.689. The molecule has 122 valence electrons. The molecule has 1 saturated heterocycles. The van der Waals surface area contributed by atoms with Gasteiger partial charge in [-0.15, -0.1) is 0 Å². The molecule has 0 radical (unpaired) electrons. The standard InChI is InChI=1S/C16H23NO4S/c1-2-3-4-8-11-15(17-12-13-21-16(17)18)22(19,20)14-9-6-5-7-10-14/h5-7,9-10,15H,2-4,8,11-13H2,1H3/t15-/m1/s1. The van der Waals surface area contributed by atoms with E-state index in [1.54, 1.807) is 30.3 Å². The number of rotatable bonds is 8. The van der Waals surface area contributed by atoms with Crippen LogP contribution in [-0.2, 0) is 14.6 Å². The van der Waals surface area contributed by atoms with Gasteiger partial charge in [0.1, 0.15) is 12.0 Å². The summed E-state index contributed by atoms with van der Waals surface area (Å²) in [5, 5.41) is -0.832. The molecule has 1 atom stereocenters. The Morgan fingerprint density at radius 3 is 2.50 bits per heavy atom. The Balaban J connectivity index is 2.21. The van der Waals surface area contributed by atoms with Crippen molar-refractivity contribution in [1.82, 2.24) is 4.90 Å². The van der Waals surface area contributed by atoms with Gasteiger partial charge in [0.15, 0.2) is 9.84 Å². The summed E-state index contributed by atoms with van der Waals surface area (Å²) in [7, 11) is -3.58. The van der Waals surface area contributed by atoms with Gasteiger partial charge in [-0.1, -0.05) is 50.8 Å². The van der Waals surface area contributed by atoms with Crippen molar-refractivity contribution < 1.29 is 17.9 Å². The molecule has 1 aliphatic heterocycles. The molecule has 2 rings (SSSR count). The average Bonchev–Trinajstić information content (AvgIpc) is 2.94. The fourth-order valence-corrected chi connectivity index (χ4v) is 4.51. The summed E-state index contributed by atoms with van der Waals surface area (Å²) in [6.07, 6.45) is 3.84. The molecule has 1 heterocycles. The molecule has 1 aromatic carbocycles. The van der Waals surface area contributed by atoms with Crippen molar-refractivity contribution in [2.45, 2.75) is 49.3 Å². The van der Waals surface area contributed by atoms with E-state index in [1.807, 2.05) is 0 Å². The predicted octanol–water partition coefficient (Wildman–Crippen LogP) is 3.21. The third kappa shape index (κ3) is 3.80. The van der Waals surface area contributed by atoms with Crippen molar-refractivity contribution in [3.8, 4) is 0 Å². The van der Waals surface area contributed by atoms with E-state index in [-0.39, 0.29) is 11.5 Å². The van der Waals surface area contributed by atoms with E-state index in [4.69, 9.17) is 4.74 Å². The van der Waals surface area contributed by atoms with Gasteiger partial charge in [-0.2, -0.15) is 0 Å². The molecule has 1 aromatic rings. The number of ether oxygens (including phenoxy) is 1. The zero-order valence-corrected chi connectivity index (χ0v) is 13.7. The molecule has 0 bridgehead atoms. The monoisotopic (exact) mass is 325 g/mol. The highest BCUT2D eigenvalue weighted by atomic mass is 32.2. The summed E-state index contributed by atoms with van der Waals surface area (Å²) >= 11 is 0. The van der Waals surface area contributed by atoms with E-state index in [1.165, 1.54) is 4.90 Å². The molecule has 1 fully saturated rings. The number of amides is 1. The van der Waals surface area contributed by atoms with Gasteiger partial charge in [-0.05, 0) is 18.6 Å². The van der Waals surface area contributed by atoms with E-state index in [0.29, 0.717) is 13.0 Å². The van der Waals surface area contributed by atoms with Crippen LogP contribution in [0.5, 0.6) is 0 Å². The Kier molecular flexibility index (Phi) is 5.83. The lowest BCUT2D eigenvalue weighted by Crippen LogP contribution is -2.41. The summed E-state index contributed by atoms with van der Waals surface area (Å²) in [5.41, 5.74) is 0. The van der Waals surface area contributed by atoms with E-state index in [2.05, 4.69) is 6.92 Å². The van der Waals surface area contributed by atoms with Crippen molar-refractivity contribution in [3.05, 3.63) is 30.3 Å². The number of carbonyl (C=O) groups excluding carboxylic acids is 1. The van der Waals surface area contributed by atoms with Crippen molar-refractivity contribution in [2.24, 2.45) is 0 Å². The first-order valence-corrected chi connectivity index (χ1v) is 9.34. The highest BCUT2D eigenvalue weighted by molar-refractivity contribution is 7.92. The van der Waals surface area contributed by atoms with Crippen LogP contribution in [0.2, 0.25) is 0 Å². The molecule has 22 heavy (non-hydrogen) atoms. The Morgan fingerprint density at radius 1 is 1.18 bits per heavy atom. The number of nitrogens with zero attached hydrogens (tertiary/aromatic N) is 1. The molecular weight excluding hydrogens is 302 g/mol. The summed E-state index contributed by atoms with van der Waals surface area (Å²) in [6, 6.07) is 8.33. The first kappa shape index (κ1) is 16.8. The molecule has 1 amide bonds.